The first kappa shape index (κ1) is 20.1. The third-order valence-electron chi connectivity index (χ3n) is 3.74. The van der Waals surface area contributed by atoms with Crippen molar-refractivity contribution >= 4 is 29.9 Å². The van der Waals surface area contributed by atoms with Gasteiger partial charge in [0.2, 0.25) is 0 Å². The molecule has 0 spiro atoms. The highest BCUT2D eigenvalue weighted by Gasteiger charge is 2.14. The van der Waals surface area contributed by atoms with E-state index in [1.165, 1.54) is 19.3 Å². The monoisotopic (exact) mass is 436 g/mol. The van der Waals surface area contributed by atoms with Gasteiger partial charge in [-0.15, -0.1) is 34.2 Å². The van der Waals surface area contributed by atoms with Crippen molar-refractivity contribution in [2.45, 2.75) is 45.6 Å². The van der Waals surface area contributed by atoms with Gasteiger partial charge in [-0.05, 0) is 19.8 Å². The Bertz CT molecular complexity index is 477. The number of fused-ring (bicyclic) bond motifs is 1. The van der Waals surface area contributed by atoms with Crippen LogP contribution in [0, 0.1) is 0 Å². The molecule has 0 fully saturated rings. The molecular weight excluding hydrogens is 407 g/mol. The molecule has 0 saturated heterocycles. The lowest BCUT2D eigenvalue weighted by Gasteiger charge is -2.11. The second-order valence-corrected chi connectivity index (χ2v) is 5.42. The summed E-state index contributed by atoms with van der Waals surface area (Å²) < 4.78 is 7.32. The normalized spacial score (nSPS) is 14.6. The summed E-state index contributed by atoms with van der Waals surface area (Å²) in [5.41, 5.74) is 0. The molecule has 0 amide bonds. The number of methoxy groups -OCH3 is 1. The van der Waals surface area contributed by atoms with Crippen LogP contribution in [0.15, 0.2) is 4.99 Å². The van der Waals surface area contributed by atoms with E-state index >= 15 is 0 Å². The average Bonchev–Trinajstić information content (AvgIpc) is 2.75. The van der Waals surface area contributed by atoms with E-state index in [4.69, 9.17) is 4.74 Å². The Morgan fingerprint density at radius 2 is 2.13 bits per heavy atom. The van der Waals surface area contributed by atoms with Crippen LogP contribution in [0.5, 0.6) is 0 Å². The fourth-order valence-corrected chi connectivity index (χ4v) is 2.61. The maximum absolute atomic E-state index is 5.02. The summed E-state index contributed by atoms with van der Waals surface area (Å²) in [6.07, 6.45) is 5.67. The van der Waals surface area contributed by atoms with E-state index < -0.39 is 0 Å². The van der Waals surface area contributed by atoms with E-state index in [1.807, 2.05) is 0 Å². The molecule has 0 aromatic carbocycles. The number of hydrogen-bond donors (Lipinski definition) is 2. The summed E-state index contributed by atoms with van der Waals surface area (Å²) in [4.78, 5) is 4.45. The number of hydrogen-bond acceptors (Lipinski definition) is 4. The first-order valence-corrected chi connectivity index (χ1v) is 8.27. The van der Waals surface area contributed by atoms with Crippen molar-refractivity contribution in [3.63, 3.8) is 0 Å². The predicted molar refractivity (Wildman–Crippen MR) is 103 cm³/mol. The Morgan fingerprint density at radius 1 is 1.26 bits per heavy atom. The van der Waals surface area contributed by atoms with Crippen LogP contribution >= 0.6 is 24.0 Å². The number of aliphatic imine (C=N–C) groups is 1. The molecule has 0 bridgehead atoms. The molecule has 0 radical (unpaired) electrons. The van der Waals surface area contributed by atoms with E-state index in [1.54, 1.807) is 7.11 Å². The number of guanidine groups is 1. The summed E-state index contributed by atoms with van der Waals surface area (Å²) in [5, 5.41) is 15.3. The van der Waals surface area contributed by atoms with Crippen LogP contribution in [0.4, 0.5) is 0 Å². The minimum absolute atomic E-state index is 0. The Hall–Kier alpha value is -0.900. The van der Waals surface area contributed by atoms with Crippen LogP contribution in [0.3, 0.4) is 0 Å². The second kappa shape index (κ2) is 11.6. The molecule has 7 nitrogen and oxygen atoms in total. The summed E-state index contributed by atoms with van der Waals surface area (Å²) >= 11 is 0. The summed E-state index contributed by atoms with van der Waals surface area (Å²) in [6.45, 7) is 6.06. The molecule has 2 rings (SSSR count). The number of aryl methyl sites for hydroxylation is 1. The zero-order valence-electron chi connectivity index (χ0n) is 14.2. The summed E-state index contributed by atoms with van der Waals surface area (Å²) in [5.74, 6) is 3.06. The van der Waals surface area contributed by atoms with Gasteiger partial charge in [0.15, 0.2) is 5.96 Å². The molecule has 23 heavy (non-hydrogen) atoms. The van der Waals surface area contributed by atoms with E-state index in [0.717, 1.165) is 50.1 Å². The number of nitrogens with one attached hydrogen (secondary N) is 2. The minimum Gasteiger partial charge on any atom is -0.383 e. The Morgan fingerprint density at radius 3 is 2.91 bits per heavy atom. The third kappa shape index (κ3) is 6.62. The van der Waals surface area contributed by atoms with Crippen LogP contribution in [0.25, 0.3) is 0 Å². The zero-order chi connectivity index (χ0) is 15.6. The van der Waals surface area contributed by atoms with Crippen molar-refractivity contribution < 1.29 is 4.74 Å². The second-order valence-electron chi connectivity index (χ2n) is 5.42. The molecular formula is C15H29IN6O. The molecule has 0 aliphatic carbocycles. The largest absolute Gasteiger partial charge is 0.383 e. The van der Waals surface area contributed by atoms with Gasteiger partial charge < -0.3 is 19.9 Å². The Balaban J connectivity index is 0.00000264. The van der Waals surface area contributed by atoms with Gasteiger partial charge in [0, 0.05) is 39.6 Å². The molecule has 2 N–H and O–H groups in total. The number of aromatic nitrogens is 3. The van der Waals surface area contributed by atoms with Crippen molar-refractivity contribution in [1.29, 1.82) is 0 Å². The third-order valence-corrected chi connectivity index (χ3v) is 3.74. The molecule has 1 aliphatic heterocycles. The van der Waals surface area contributed by atoms with Crippen molar-refractivity contribution in [1.82, 2.24) is 25.4 Å². The van der Waals surface area contributed by atoms with Gasteiger partial charge in [0.25, 0.3) is 0 Å². The van der Waals surface area contributed by atoms with Gasteiger partial charge in [-0.3, -0.25) is 4.99 Å². The SMILES string of the molecule is CCNC(=NCCOC)NCCc1nnc2n1CCCCC2.I. The van der Waals surface area contributed by atoms with Crippen molar-refractivity contribution in [2.24, 2.45) is 4.99 Å². The van der Waals surface area contributed by atoms with Gasteiger partial charge in [-0.25, -0.2) is 0 Å². The van der Waals surface area contributed by atoms with Gasteiger partial charge >= 0.3 is 0 Å². The van der Waals surface area contributed by atoms with E-state index in [-0.39, 0.29) is 24.0 Å². The van der Waals surface area contributed by atoms with Gasteiger partial charge in [-0.1, -0.05) is 6.42 Å². The maximum atomic E-state index is 5.02. The lowest BCUT2D eigenvalue weighted by atomic mass is 10.2. The highest BCUT2D eigenvalue weighted by Crippen LogP contribution is 2.14. The lowest BCUT2D eigenvalue weighted by Crippen LogP contribution is -2.38. The molecule has 8 heteroatoms. The molecule has 1 aromatic heterocycles. The van der Waals surface area contributed by atoms with E-state index in [9.17, 15) is 0 Å². The fourth-order valence-electron chi connectivity index (χ4n) is 2.61. The highest BCUT2D eigenvalue weighted by atomic mass is 127. The van der Waals surface area contributed by atoms with Crippen molar-refractivity contribution in [2.75, 3.05) is 33.4 Å². The van der Waals surface area contributed by atoms with Crippen LogP contribution in [0.2, 0.25) is 0 Å². The summed E-state index contributed by atoms with van der Waals surface area (Å²) in [6, 6.07) is 0. The molecule has 1 aliphatic rings. The zero-order valence-corrected chi connectivity index (χ0v) is 16.5. The number of halogens is 1. The van der Waals surface area contributed by atoms with Gasteiger partial charge in [-0.2, -0.15) is 0 Å². The average molecular weight is 436 g/mol. The number of nitrogens with zero attached hydrogens (tertiary/aromatic N) is 4. The number of rotatable bonds is 7. The van der Waals surface area contributed by atoms with Crippen molar-refractivity contribution in [3.05, 3.63) is 11.6 Å². The van der Waals surface area contributed by atoms with Crippen LogP contribution in [0.1, 0.15) is 37.8 Å². The minimum atomic E-state index is 0. The molecule has 1 aromatic rings. The van der Waals surface area contributed by atoms with Crippen LogP contribution in [-0.4, -0.2) is 54.1 Å². The standard InChI is InChI=1S/C15H28N6O.HI/c1-3-16-15(18-10-12-22-2)17-9-8-14-20-19-13-7-5-4-6-11-21(13)14;/h3-12H2,1-2H3,(H2,16,17,18);1H. The molecule has 0 unspecified atom stereocenters. The Labute approximate surface area is 155 Å². The van der Waals surface area contributed by atoms with Crippen molar-refractivity contribution in [3.8, 4) is 0 Å². The maximum Gasteiger partial charge on any atom is 0.191 e. The highest BCUT2D eigenvalue weighted by molar-refractivity contribution is 14.0. The quantitative estimate of drug-likeness (QED) is 0.292. The first-order chi connectivity index (χ1) is 10.8. The van der Waals surface area contributed by atoms with Crippen LogP contribution < -0.4 is 10.6 Å². The molecule has 0 saturated carbocycles. The van der Waals surface area contributed by atoms with Gasteiger partial charge in [0.05, 0.1) is 13.2 Å². The topological polar surface area (TPSA) is 76.4 Å². The van der Waals surface area contributed by atoms with Gasteiger partial charge in [0.1, 0.15) is 11.6 Å². The molecule has 0 atom stereocenters. The molecule has 132 valence electrons. The lowest BCUT2D eigenvalue weighted by molar-refractivity contribution is 0.208. The fraction of sp³-hybridized carbons (Fsp3) is 0.800. The molecule has 2 heterocycles. The van der Waals surface area contributed by atoms with E-state index in [0.29, 0.717) is 13.2 Å². The van der Waals surface area contributed by atoms with E-state index in [2.05, 4.69) is 37.3 Å². The Kier molecular flexibility index (Phi) is 10.2. The summed E-state index contributed by atoms with van der Waals surface area (Å²) in [7, 11) is 1.69. The smallest absolute Gasteiger partial charge is 0.191 e. The predicted octanol–water partition coefficient (Wildman–Crippen LogP) is 1.37. The number of ether oxygens (including phenoxy) is 1. The van der Waals surface area contributed by atoms with Crippen LogP contribution in [-0.2, 0) is 24.1 Å². The first-order valence-electron chi connectivity index (χ1n) is 8.27.